The van der Waals surface area contributed by atoms with Crippen molar-refractivity contribution in [1.29, 1.82) is 0 Å². The van der Waals surface area contributed by atoms with E-state index < -0.39 is 5.60 Å². The van der Waals surface area contributed by atoms with Gasteiger partial charge in [-0.25, -0.2) is 9.78 Å². The van der Waals surface area contributed by atoms with Crippen LogP contribution in [0, 0.1) is 0 Å². The molecule has 1 aliphatic carbocycles. The van der Waals surface area contributed by atoms with Gasteiger partial charge in [-0.2, -0.15) is 0 Å². The van der Waals surface area contributed by atoms with Gasteiger partial charge >= 0.3 is 6.09 Å². The molecule has 0 radical (unpaired) electrons. The normalized spacial score (nSPS) is 22.3. The first-order valence-corrected chi connectivity index (χ1v) is 9.54. The number of rotatable bonds is 3. The maximum atomic E-state index is 13.0. The highest BCUT2D eigenvalue weighted by Gasteiger charge is 2.36. The second-order valence-corrected chi connectivity index (χ2v) is 8.34. The van der Waals surface area contributed by atoms with Gasteiger partial charge in [0.25, 0.3) is 0 Å². The van der Waals surface area contributed by atoms with Crippen molar-refractivity contribution in [2.45, 2.75) is 77.0 Å². The highest BCUT2D eigenvalue weighted by molar-refractivity contribution is 5.88. The van der Waals surface area contributed by atoms with E-state index in [-0.39, 0.29) is 12.1 Å². The van der Waals surface area contributed by atoms with Crippen LogP contribution in [-0.4, -0.2) is 41.2 Å². The van der Waals surface area contributed by atoms with Crippen molar-refractivity contribution in [3.05, 3.63) is 23.9 Å². The minimum atomic E-state index is -0.507. The van der Waals surface area contributed by atoms with Crippen LogP contribution in [0.15, 0.2) is 18.3 Å². The molecular weight excluding hydrogens is 314 g/mol. The van der Waals surface area contributed by atoms with Crippen LogP contribution in [0.2, 0.25) is 0 Å². The molecule has 1 amide bonds. The zero-order valence-corrected chi connectivity index (χ0v) is 16.0. The lowest BCUT2D eigenvalue weighted by Gasteiger charge is -2.33. The molecule has 0 bridgehead atoms. The summed E-state index contributed by atoms with van der Waals surface area (Å²) in [6, 6.07) is 4.62. The van der Waals surface area contributed by atoms with E-state index in [1.807, 2.05) is 31.7 Å². The first-order valence-electron chi connectivity index (χ1n) is 9.54. The van der Waals surface area contributed by atoms with Gasteiger partial charge in [0.1, 0.15) is 11.4 Å². The fourth-order valence-corrected chi connectivity index (χ4v) is 4.06. The first-order chi connectivity index (χ1) is 11.9. The number of hydrogen-bond acceptors (Lipinski definition) is 4. The molecule has 138 valence electrons. The molecule has 1 aromatic rings. The smallest absolute Gasteiger partial charge is 0.416 e. The standard InChI is InChI=1S/C20H31N3O2/c1-20(2,3)25-19(24)23(15-9-5-6-10-15)18-16(11-7-13-21-18)17-12-8-14-22(17)4/h7,11,13,15,17H,5-6,8-10,12,14H2,1-4H3. The predicted molar refractivity (Wildman–Crippen MR) is 99.8 cm³/mol. The number of aromatic nitrogens is 1. The minimum Gasteiger partial charge on any atom is -0.443 e. The monoisotopic (exact) mass is 345 g/mol. The van der Waals surface area contributed by atoms with Crippen molar-refractivity contribution in [3.8, 4) is 0 Å². The average Bonchev–Trinajstić information content (AvgIpc) is 3.18. The van der Waals surface area contributed by atoms with Crippen LogP contribution in [0.25, 0.3) is 0 Å². The molecule has 3 rings (SSSR count). The summed E-state index contributed by atoms with van der Waals surface area (Å²) in [6.45, 7) is 6.85. The fraction of sp³-hybridized carbons (Fsp3) is 0.700. The maximum Gasteiger partial charge on any atom is 0.416 e. The van der Waals surface area contributed by atoms with Gasteiger partial charge in [0, 0.05) is 23.8 Å². The molecule has 25 heavy (non-hydrogen) atoms. The summed E-state index contributed by atoms with van der Waals surface area (Å²) in [5.41, 5.74) is 0.646. The van der Waals surface area contributed by atoms with E-state index in [4.69, 9.17) is 4.74 Å². The Labute approximate surface area is 151 Å². The van der Waals surface area contributed by atoms with Crippen molar-refractivity contribution in [3.63, 3.8) is 0 Å². The van der Waals surface area contributed by atoms with E-state index in [0.29, 0.717) is 6.04 Å². The molecule has 0 spiro atoms. The minimum absolute atomic E-state index is 0.190. The summed E-state index contributed by atoms with van der Waals surface area (Å²) in [4.78, 5) is 21.9. The fourth-order valence-electron chi connectivity index (χ4n) is 4.06. The third-order valence-corrected chi connectivity index (χ3v) is 5.20. The summed E-state index contributed by atoms with van der Waals surface area (Å²) in [5.74, 6) is 0.794. The van der Waals surface area contributed by atoms with E-state index in [2.05, 4.69) is 23.0 Å². The number of ether oxygens (including phenoxy) is 1. The number of pyridine rings is 1. The Bertz CT molecular complexity index is 605. The molecule has 2 aliphatic rings. The summed E-state index contributed by atoms with van der Waals surface area (Å²) in [6.07, 6.45) is 8.20. The molecule has 1 aliphatic heterocycles. The van der Waals surface area contributed by atoms with Gasteiger partial charge in [0.05, 0.1) is 0 Å². The van der Waals surface area contributed by atoms with Crippen molar-refractivity contribution in [1.82, 2.24) is 9.88 Å². The van der Waals surface area contributed by atoms with Gasteiger partial charge in [0.15, 0.2) is 0 Å². The zero-order chi connectivity index (χ0) is 18.0. The molecule has 1 aromatic heterocycles. The molecule has 0 N–H and O–H groups in total. The van der Waals surface area contributed by atoms with Crippen molar-refractivity contribution in [2.24, 2.45) is 0 Å². The van der Waals surface area contributed by atoms with Crippen LogP contribution in [0.4, 0.5) is 10.6 Å². The van der Waals surface area contributed by atoms with Crippen LogP contribution >= 0.6 is 0 Å². The maximum absolute atomic E-state index is 13.0. The topological polar surface area (TPSA) is 45.7 Å². The Kier molecular flexibility index (Phi) is 5.32. The highest BCUT2D eigenvalue weighted by atomic mass is 16.6. The van der Waals surface area contributed by atoms with Crippen LogP contribution in [-0.2, 0) is 4.74 Å². The molecule has 1 saturated carbocycles. The van der Waals surface area contributed by atoms with Crippen molar-refractivity contribution >= 4 is 11.9 Å². The molecule has 1 saturated heterocycles. The van der Waals surface area contributed by atoms with E-state index >= 15 is 0 Å². The lowest BCUT2D eigenvalue weighted by atomic mass is 10.0. The SMILES string of the molecule is CN1CCCC1c1cccnc1N(C(=O)OC(C)(C)C)C1CCCC1. The van der Waals surface area contributed by atoms with Crippen molar-refractivity contribution in [2.75, 3.05) is 18.5 Å². The van der Waals surface area contributed by atoms with E-state index in [1.165, 1.54) is 6.42 Å². The molecule has 5 heteroatoms. The first kappa shape index (κ1) is 18.2. The Balaban J connectivity index is 1.97. The third-order valence-electron chi connectivity index (χ3n) is 5.20. The summed E-state index contributed by atoms with van der Waals surface area (Å²) in [7, 11) is 2.15. The quantitative estimate of drug-likeness (QED) is 0.807. The number of carbonyl (C=O) groups excluding carboxylic acids is 1. The average molecular weight is 345 g/mol. The number of likely N-dealkylation sites (tertiary alicyclic amines) is 1. The van der Waals surface area contributed by atoms with Crippen LogP contribution in [0.1, 0.15) is 70.9 Å². The lowest BCUT2D eigenvalue weighted by Crippen LogP contribution is -2.43. The number of anilines is 1. The van der Waals surface area contributed by atoms with Gasteiger partial charge in [-0.3, -0.25) is 9.80 Å². The third kappa shape index (κ3) is 4.14. The van der Waals surface area contributed by atoms with Gasteiger partial charge in [0.2, 0.25) is 0 Å². The molecule has 1 atom stereocenters. The molecule has 0 aromatic carbocycles. The molecule has 2 fully saturated rings. The van der Waals surface area contributed by atoms with Gasteiger partial charge in [-0.15, -0.1) is 0 Å². The van der Waals surface area contributed by atoms with Crippen LogP contribution < -0.4 is 4.90 Å². The van der Waals surface area contributed by atoms with E-state index in [1.54, 1.807) is 6.20 Å². The van der Waals surface area contributed by atoms with E-state index in [0.717, 1.165) is 50.0 Å². The Hall–Kier alpha value is -1.62. The Morgan fingerprint density at radius 3 is 2.56 bits per heavy atom. The second-order valence-electron chi connectivity index (χ2n) is 8.34. The summed E-state index contributed by atoms with van der Waals surface area (Å²) < 4.78 is 5.74. The Morgan fingerprint density at radius 2 is 1.96 bits per heavy atom. The number of hydrogen-bond donors (Lipinski definition) is 0. The van der Waals surface area contributed by atoms with Gasteiger partial charge in [-0.1, -0.05) is 18.9 Å². The van der Waals surface area contributed by atoms with E-state index in [9.17, 15) is 4.79 Å². The highest BCUT2D eigenvalue weighted by Crippen LogP contribution is 2.38. The second kappa shape index (κ2) is 7.32. The van der Waals surface area contributed by atoms with Crippen LogP contribution in [0.5, 0.6) is 0 Å². The molecule has 1 unspecified atom stereocenters. The molecular formula is C20H31N3O2. The number of amides is 1. The Morgan fingerprint density at radius 1 is 1.24 bits per heavy atom. The largest absolute Gasteiger partial charge is 0.443 e. The summed E-state index contributed by atoms with van der Waals surface area (Å²) >= 11 is 0. The van der Waals surface area contributed by atoms with Gasteiger partial charge < -0.3 is 4.74 Å². The zero-order valence-electron chi connectivity index (χ0n) is 16.0. The predicted octanol–water partition coefficient (Wildman–Crippen LogP) is 4.53. The number of nitrogens with zero attached hydrogens (tertiary/aromatic N) is 3. The van der Waals surface area contributed by atoms with Crippen LogP contribution in [0.3, 0.4) is 0 Å². The summed E-state index contributed by atoms with van der Waals surface area (Å²) in [5, 5.41) is 0. The lowest BCUT2D eigenvalue weighted by molar-refractivity contribution is 0.0564. The molecule has 5 nitrogen and oxygen atoms in total. The van der Waals surface area contributed by atoms with Crippen molar-refractivity contribution < 1.29 is 9.53 Å². The van der Waals surface area contributed by atoms with Gasteiger partial charge in [-0.05, 0) is 66.1 Å². The molecule has 2 heterocycles. The number of carbonyl (C=O) groups is 1.